The van der Waals surface area contributed by atoms with Gasteiger partial charge in [0.1, 0.15) is 11.9 Å². The van der Waals surface area contributed by atoms with Gasteiger partial charge in [0, 0.05) is 30.2 Å². The van der Waals surface area contributed by atoms with Crippen LogP contribution in [0, 0.1) is 5.92 Å². The monoisotopic (exact) mass is 416 g/mol. The molecule has 1 fully saturated rings. The summed E-state index contributed by atoms with van der Waals surface area (Å²) in [7, 11) is -0.422. The Labute approximate surface area is 176 Å². The smallest absolute Gasteiger partial charge is 0.305 e. The quantitative estimate of drug-likeness (QED) is 0.329. The van der Waals surface area contributed by atoms with Crippen molar-refractivity contribution in [3.8, 4) is 5.75 Å². The van der Waals surface area contributed by atoms with Gasteiger partial charge in [0.2, 0.25) is 0 Å². The zero-order chi connectivity index (χ0) is 21.4. The summed E-state index contributed by atoms with van der Waals surface area (Å²) in [5.74, 6) is 1.43. The number of hydrogen-bond donors (Lipinski definition) is 0. The fourth-order valence-corrected chi connectivity index (χ4v) is 5.77. The number of benzene rings is 1. The number of carbonyl (C=O) groups is 1. The van der Waals surface area contributed by atoms with Gasteiger partial charge in [-0.3, -0.25) is 4.79 Å². The lowest BCUT2D eigenvalue weighted by Gasteiger charge is -2.40. The Balaban J connectivity index is 1.77. The average molecular weight is 417 g/mol. The molecule has 1 aliphatic heterocycles. The number of hydrogen-bond acceptors (Lipinski definition) is 4. The summed E-state index contributed by atoms with van der Waals surface area (Å²) in [6.07, 6.45) is 5.31. The van der Waals surface area contributed by atoms with Crippen molar-refractivity contribution >= 4 is 14.3 Å². The van der Waals surface area contributed by atoms with Crippen LogP contribution >= 0.6 is 0 Å². The first-order chi connectivity index (χ1) is 13.6. The van der Waals surface area contributed by atoms with Crippen molar-refractivity contribution in [3.63, 3.8) is 0 Å². The Bertz CT molecular complexity index is 765. The number of ether oxygens (including phenoxy) is 2. The molecule has 4 atom stereocenters. The van der Waals surface area contributed by atoms with Crippen LogP contribution in [0.4, 0.5) is 0 Å². The van der Waals surface area contributed by atoms with Crippen molar-refractivity contribution in [1.29, 1.82) is 0 Å². The third-order valence-corrected chi connectivity index (χ3v) is 11.5. The van der Waals surface area contributed by atoms with E-state index in [-0.39, 0.29) is 29.1 Å². The van der Waals surface area contributed by atoms with Crippen molar-refractivity contribution < 1.29 is 18.7 Å². The van der Waals surface area contributed by atoms with E-state index in [4.69, 9.17) is 13.9 Å². The number of esters is 1. The Hall–Kier alpha value is -1.59. The van der Waals surface area contributed by atoms with Gasteiger partial charge in [-0.1, -0.05) is 45.0 Å². The van der Waals surface area contributed by atoms with E-state index < -0.39 is 8.32 Å². The topological polar surface area (TPSA) is 44.8 Å². The van der Waals surface area contributed by atoms with Crippen LogP contribution in [0.3, 0.4) is 0 Å². The second kappa shape index (κ2) is 8.27. The molecule has 0 bridgehead atoms. The van der Waals surface area contributed by atoms with Crippen LogP contribution < -0.4 is 4.74 Å². The second-order valence-electron chi connectivity index (χ2n) is 9.91. The van der Waals surface area contributed by atoms with Crippen molar-refractivity contribution in [2.24, 2.45) is 5.92 Å². The van der Waals surface area contributed by atoms with Crippen LogP contribution in [-0.4, -0.2) is 33.6 Å². The van der Waals surface area contributed by atoms with Gasteiger partial charge in [0.05, 0.1) is 13.2 Å². The van der Waals surface area contributed by atoms with E-state index in [0.717, 1.165) is 25.0 Å². The molecule has 0 spiro atoms. The molecule has 5 heteroatoms. The minimum atomic E-state index is -1.86. The van der Waals surface area contributed by atoms with Crippen molar-refractivity contribution in [2.75, 3.05) is 7.11 Å². The van der Waals surface area contributed by atoms with Gasteiger partial charge >= 0.3 is 5.97 Å². The maximum atomic E-state index is 11.4. The molecule has 0 N–H and O–H groups in total. The van der Waals surface area contributed by atoms with Gasteiger partial charge in [0.25, 0.3) is 0 Å². The first kappa shape index (κ1) is 22.1. The van der Waals surface area contributed by atoms with Gasteiger partial charge in [-0.2, -0.15) is 0 Å². The Morgan fingerprint density at radius 2 is 2.07 bits per heavy atom. The highest BCUT2D eigenvalue weighted by molar-refractivity contribution is 6.74. The number of aryl methyl sites for hydroxylation is 1. The number of methoxy groups -OCH3 is 1. The molecule has 1 saturated carbocycles. The summed E-state index contributed by atoms with van der Waals surface area (Å²) < 4.78 is 18.0. The van der Waals surface area contributed by atoms with Gasteiger partial charge in [-0.15, -0.1) is 6.58 Å². The van der Waals surface area contributed by atoms with E-state index in [1.165, 1.54) is 18.2 Å². The Morgan fingerprint density at radius 3 is 2.69 bits per heavy atom. The fraction of sp³-hybridized carbons (Fsp3) is 0.625. The highest BCUT2D eigenvalue weighted by atomic mass is 28.4. The second-order valence-corrected chi connectivity index (χ2v) is 14.7. The van der Waals surface area contributed by atoms with E-state index in [0.29, 0.717) is 12.3 Å². The molecule has 4 nitrogen and oxygen atoms in total. The number of para-hydroxylation sites is 1. The van der Waals surface area contributed by atoms with E-state index in [1.807, 2.05) is 0 Å². The van der Waals surface area contributed by atoms with Crippen LogP contribution in [0.5, 0.6) is 5.75 Å². The highest BCUT2D eigenvalue weighted by Gasteiger charge is 2.52. The van der Waals surface area contributed by atoms with E-state index in [2.05, 4.69) is 64.7 Å². The third kappa shape index (κ3) is 4.31. The first-order valence-electron chi connectivity index (χ1n) is 10.7. The van der Waals surface area contributed by atoms with E-state index in [1.54, 1.807) is 0 Å². The zero-order valence-corrected chi connectivity index (χ0v) is 19.8. The van der Waals surface area contributed by atoms with Gasteiger partial charge in [0.15, 0.2) is 8.32 Å². The molecule has 0 saturated heterocycles. The largest absolute Gasteiger partial charge is 0.489 e. The van der Waals surface area contributed by atoms with Gasteiger partial charge in [-0.05, 0) is 36.5 Å². The minimum absolute atomic E-state index is 0.143. The molecular weight excluding hydrogens is 380 g/mol. The maximum absolute atomic E-state index is 11.4. The molecule has 3 rings (SSSR count). The lowest BCUT2D eigenvalue weighted by atomic mass is 9.87. The number of carbonyl (C=O) groups excluding carboxylic acids is 1. The van der Waals surface area contributed by atoms with Crippen molar-refractivity contribution in [3.05, 3.63) is 42.0 Å². The van der Waals surface area contributed by atoms with Crippen LogP contribution in [0.15, 0.2) is 30.9 Å². The predicted octanol–water partition coefficient (Wildman–Crippen LogP) is 5.62. The van der Waals surface area contributed by atoms with Crippen molar-refractivity contribution in [2.45, 2.75) is 82.7 Å². The molecule has 160 valence electrons. The van der Waals surface area contributed by atoms with Gasteiger partial charge in [-0.25, -0.2) is 0 Å². The van der Waals surface area contributed by atoms with Crippen LogP contribution in [0.1, 0.15) is 57.1 Å². The summed E-state index contributed by atoms with van der Waals surface area (Å²) >= 11 is 0. The van der Waals surface area contributed by atoms with E-state index >= 15 is 0 Å². The fourth-order valence-electron chi connectivity index (χ4n) is 4.41. The van der Waals surface area contributed by atoms with E-state index in [9.17, 15) is 4.79 Å². The lowest BCUT2D eigenvalue weighted by Crippen LogP contribution is -2.45. The molecular formula is C24H36O4Si. The number of rotatable bonds is 7. The minimum Gasteiger partial charge on any atom is -0.489 e. The molecule has 0 aromatic heterocycles. The molecule has 0 amide bonds. The van der Waals surface area contributed by atoms with Crippen molar-refractivity contribution in [1.82, 2.24) is 0 Å². The summed E-state index contributed by atoms with van der Waals surface area (Å²) in [6.45, 7) is 15.6. The van der Waals surface area contributed by atoms with Crippen LogP contribution in [0.2, 0.25) is 18.1 Å². The molecule has 2 aliphatic rings. The Morgan fingerprint density at radius 1 is 1.34 bits per heavy atom. The van der Waals surface area contributed by atoms with Crippen LogP contribution in [0.25, 0.3) is 0 Å². The SMILES string of the molecule is C=C[C@H]1C(O[Si](C)(C)C(C)(C)C)C[C@@H]2Oc3c(CCCC(=O)OC)cccc3[C@@H]21. The molecule has 29 heavy (non-hydrogen) atoms. The van der Waals surface area contributed by atoms with Crippen LogP contribution in [-0.2, 0) is 20.4 Å². The zero-order valence-electron chi connectivity index (χ0n) is 18.8. The maximum Gasteiger partial charge on any atom is 0.305 e. The number of fused-ring (bicyclic) bond motifs is 3. The normalized spacial score (nSPS) is 25.9. The highest BCUT2D eigenvalue weighted by Crippen LogP contribution is 2.54. The molecule has 1 heterocycles. The van der Waals surface area contributed by atoms with Gasteiger partial charge < -0.3 is 13.9 Å². The Kier molecular flexibility index (Phi) is 6.30. The summed E-state index contributed by atoms with van der Waals surface area (Å²) in [5, 5.41) is 0.183. The standard InChI is InChI=1S/C24H36O4Si/c1-8-17-19(28-29(6,7)24(2,3)4)15-20-22(17)18-13-9-11-16(23(18)27-20)12-10-14-21(25)26-5/h8-9,11,13,17,19-20,22H,1,10,12,14-15H2,2-7H3/t17-,19?,20-,22-/m0/s1. The predicted molar refractivity (Wildman–Crippen MR) is 119 cm³/mol. The third-order valence-electron chi connectivity index (χ3n) is 7.04. The molecule has 0 radical (unpaired) electrons. The summed E-state index contributed by atoms with van der Waals surface area (Å²) in [5.41, 5.74) is 2.46. The lowest BCUT2D eigenvalue weighted by molar-refractivity contribution is -0.140. The summed E-state index contributed by atoms with van der Waals surface area (Å²) in [4.78, 5) is 11.4. The summed E-state index contributed by atoms with van der Waals surface area (Å²) in [6, 6.07) is 6.42. The average Bonchev–Trinajstić information content (AvgIpc) is 3.16. The first-order valence-corrected chi connectivity index (χ1v) is 13.7. The molecule has 1 aromatic rings. The molecule has 1 aliphatic carbocycles. The molecule has 1 aromatic carbocycles. The molecule has 1 unspecified atom stereocenters.